The van der Waals surface area contributed by atoms with E-state index < -0.39 is 36.8 Å². The molecular weight excluding hydrogens is 264 g/mol. The Morgan fingerprint density at radius 2 is 1.53 bits per heavy atom. The summed E-state index contributed by atoms with van der Waals surface area (Å²) < 4.78 is 71.4. The molecule has 0 aliphatic rings. The summed E-state index contributed by atoms with van der Waals surface area (Å²) in [5, 5.41) is 7.96. The fourth-order valence-electron chi connectivity index (χ4n) is 0.711. The van der Waals surface area contributed by atoms with E-state index in [4.69, 9.17) is 5.11 Å². The third kappa shape index (κ3) is 5.38. The summed E-state index contributed by atoms with van der Waals surface area (Å²) in [7, 11) is 0. The smallest absolute Gasteiger partial charge is 0.409 e. The number of nitrogens with one attached hydrogen (secondary N) is 1. The fraction of sp³-hybridized carbons (Fsp3) is 0.667. The highest BCUT2D eigenvalue weighted by atomic mass is 19.4. The molecule has 0 unspecified atom stereocenters. The third-order valence-corrected chi connectivity index (χ3v) is 1.29. The quantitative estimate of drug-likeness (QED) is 0.586. The van der Waals surface area contributed by atoms with Gasteiger partial charge in [-0.05, 0) is 0 Å². The molecule has 17 heavy (non-hydrogen) atoms. The molecule has 0 saturated heterocycles. The van der Waals surface area contributed by atoms with Gasteiger partial charge in [0.2, 0.25) is 5.92 Å². The molecule has 0 bridgehead atoms. The first-order valence-electron chi connectivity index (χ1n) is 3.73. The van der Waals surface area contributed by atoms with Crippen molar-refractivity contribution in [3.8, 4) is 0 Å². The van der Waals surface area contributed by atoms with E-state index in [-0.39, 0.29) is 0 Å². The summed E-state index contributed by atoms with van der Waals surface area (Å²) in [5.41, 5.74) is 0.767. The Morgan fingerprint density at radius 3 is 1.82 bits per heavy atom. The van der Waals surface area contributed by atoms with E-state index in [0.717, 1.165) is 5.48 Å². The Hall–Kier alpha value is -1.52. The van der Waals surface area contributed by atoms with Gasteiger partial charge in [0.05, 0.1) is 0 Å². The Balaban J connectivity index is 4.63. The highest BCUT2D eigenvalue weighted by molar-refractivity contribution is 5.79. The van der Waals surface area contributed by atoms with Gasteiger partial charge in [-0.2, -0.15) is 26.3 Å². The minimum absolute atomic E-state index is 0.767. The summed E-state index contributed by atoms with van der Waals surface area (Å²) in [6, 6.07) is 0. The predicted octanol–water partition coefficient (Wildman–Crippen LogP) is 0.860. The molecule has 0 aromatic heterocycles. The number of carboxylic acid groups (broad SMARTS) is 1. The van der Waals surface area contributed by atoms with E-state index in [1.165, 1.54) is 0 Å². The Bertz CT molecular complexity index is 284. The van der Waals surface area contributed by atoms with Gasteiger partial charge in [-0.1, -0.05) is 0 Å². The number of carbonyl (C=O) groups is 2. The second kappa shape index (κ2) is 5.21. The van der Waals surface area contributed by atoms with E-state index in [1.54, 1.807) is 0 Å². The second-order valence-corrected chi connectivity index (χ2v) is 2.66. The molecule has 0 rings (SSSR count). The average molecular weight is 269 g/mol. The van der Waals surface area contributed by atoms with Gasteiger partial charge >= 0.3 is 18.3 Å². The molecule has 0 saturated carbocycles. The van der Waals surface area contributed by atoms with Crippen molar-refractivity contribution in [2.24, 2.45) is 5.92 Å². The monoisotopic (exact) mass is 269 g/mol. The zero-order valence-corrected chi connectivity index (χ0v) is 7.72. The van der Waals surface area contributed by atoms with Crippen LogP contribution in [0.5, 0.6) is 0 Å². The minimum Gasteiger partial charge on any atom is -0.479 e. The molecule has 5 nitrogen and oxygen atoms in total. The molecule has 100 valence electrons. The molecule has 1 amide bonds. The van der Waals surface area contributed by atoms with Gasteiger partial charge in [-0.15, -0.1) is 0 Å². The number of carbonyl (C=O) groups excluding carboxylic acids is 1. The third-order valence-electron chi connectivity index (χ3n) is 1.29. The second-order valence-electron chi connectivity index (χ2n) is 2.66. The molecule has 0 aliphatic carbocycles. The first-order chi connectivity index (χ1) is 7.46. The summed E-state index contributed by atoms with van der Waals surface area (Å²) in [5.74, 6) is -8.49. The van der Waals surface area contributed by atoms with Crippen molar-refractivity contribution in [2.45, 2.75) is 12.4 Å². The van der Waals surface area contributed by atoms with E-state index in [0.29, 0.717) is 0 Å². The van der Waals surface area contributed by atoms with Gasteiger partial charge < -0.3 is 5.11 Å². The van der Waals surface area contributed by atoms with Crippen LogP contribution in [0, 0.1) is 5.92 Å². The summed E-state index contributed by atoms with van der Waals surface area (Å²) in [6.07, 6.45) is -11.7. The van der Waals surface area contributed by atoms with Crippen LogP contribution in [0.4, 0.5) is 26.3 Å². The molecule has 11 heteroatoms. The normalized spacial score (nSPS) is 12.6. The lowest BCUT2D eigenvalue weighted by molar-refractivity contribution is -0.277. The van der Waals surface area contributed by atoms with Crippen LogP contribution < -0.4 is 5.48 Å². The molecule has 0 aromatic rings. The van der Waals surface area contributed by atoms with Crippen LogP contribution in [0.25, 0.3) is 0 Å². The topological polar surface area (TPSA) is 75.6 Å². The number of hydroxylamine groups is 1. The number of halogens is 6. The summed E-state index contributed by atoms with van der Waals surface area (Å²) in [6.45, 7) is -1.27. The number of alkyl halides is 6. The van der Waals surface area contributed by atoms with E-state index in [2.05, 4.69) is 4.84 Å². The largest absolute Gasteiger partial charge is 0.479 e. The lowest BCUT2D eigenvalue weighted by atomic mass is 10.1. The average Bonchev–Trinajstić information content (AvgIpc) is 1.96. The predicted molar refractivity (Wildman–Crippen MR) is 37.3 cm³/mol. The van der Waals surface area contributed by atoms with E-state index >= 15 is 0 Å². The van der Waals surface area contributed by atoms with Gasteiger partial charge in [0.1, 0.15) is 0 Å². The van der Waals surface area contributed by atoms with Gasteiger partial charge in [0.15, 0.2) is 6.61 Å². The van der Waals surface area contributed by atoms with Crippen LogP contribution in [-0.2, 0) is 14.4 Å². The molecule has 2 N–H and O–H groups in total. The SMILES string of the molecule is O=C(O)CONC(=O)C(C(F)(F)F)C(F)(F)F. The van der Waals surface area contributed by atoms with Crippen molar-refractivity contribution in [1.82, 2.24) is 5.48 Å². The van der Waals surface area contributed by atoms with Crippen molar-refractivity contribution in [1.29, 1.82) is 0 Å². The summed E-state index contributed by atoms with van der Waals surface area (Å²) in [4.78, 5) is 24.0. The maximum absolute atomic E-state index is 11.9. The number of carboxylic acids is 1. The number of hydrogen-bond acceptors (Lipinski definition) is 3. The van der Waals surface area contributed by atoms with Gasteiger partial charge in [0, 0.05) is 0 Å². The van der Waals surface area contributed by atoms with Gasteiger partial charge in [-0.25, -0.2) is 10.3 Å². The van der Waals surface area contributed by atoms with Crippen molar-refractivity contribution >= 4 is 11.9 Å². The van der Waals surface area contributed by atoms with E-state index in [1.807, 2.05) is 0 Å². The molecule has 0 aromatic carbocycles. The first-order valence-corrected chi connectivity index (χ1v) is 3.73. The van der Waals surface area contributed by atoms with Gasteiger partial charge in [0.25, 0.3) is 5.91 Å². The van der Waals surface area contributed by atoms with Crippen LogP contribution in [0.3, 0.4) is 0 Å². The lowest BCUT2D eigenvalue weighted by Crippen LogP contribution is -2.48. The number of hydrogen-bond donors (Lipinski definition) is 2. The van der Waals surface area contributed by atoms with Crippen molar-refractivity contribution < 1.29 is 45.9 Å². The van der Waals surface area contributed by atoms with Gasteiger partial charge in [-0.3, -0.25) is 9.63 Å². The molecular formula is C6H5F6NO4. The molecule has 0 atom stereocenters. The van der Waals surface area contributed by atoms with Crippen molar-refractivity contribution in [3.05, 3.63) is 0 Å². The minimum atomic E-state index is -5.85. The van der Waals surface area contributed by atoms with Crippen LogP contribution >= 0.6 is 0 Å². The van der Waals surface area contributed by atoms with Crippen LogP contribution in [0.1, 0.15) is 0 Å². The van der Waals surface area contributed by atoms with Crippen LogP contribution in [0.15, 0.2) is 0 Å². The van der Waals surface area contributed by atoms with Crippen molar-refractivity contribution in [2.75, 3.05) is 6.61 Å². The molecule has 0 spiro atoms. The fourth-order valence-corrected chi connectivity index (χ4v) is 0.711. The maximum Gasteiger partial charge on any atom is 0.409 e. The highest BCUT2D eigenvalue weighted by Crippen LogP contribution is 2.39. The lowest BCUT2D eigenvalue weighted by Gasteiger charge is -2.21. The standard InChI is InChI=1S/C6H5F6NO4/c7-5(8,9)3(6(10,11)12)4(16)13-17-1-2(14)15/h3H,1H2,(H,13,16)(H,14,15). The Labute approximate surface area is 89.3 Å². The number of rotatable bonds is 4. The number of aliphatic carboxylic acids is 1. The molecule has 0 aliphatic heterocycles. The summed E-state index contributed by atoms with van der Waals surface area (Å²) >= 11 is 0. The maximum atomic E-state index is 11.9. The number of amides is 1. The highest BCUT2D eigenvalue weighted by Gasteiger charge is 2.61. The molecule has 0 heterocycles. The Morgan fingerprint density at radius 1 is 1.12 bits per heavy atom. The Kier molecular flexibility index (Phi) is 4.74. The van der Waals surface area contributed by atoms with Crippen LogP contribution in [0.2, 0.25) is 0 Å². The zero-order valence-electron chi connectivity index (χ0n) is 7.72. The zero-order chi connectivity index (χ0) is 13.9. The van der Waals surface area contributed by atoms with Crippen LogP contribution in [-0.4, -0.2) is 35.9 Å². The molecule has 0 radical (unpaired) electrons. The molecule has 0 fully saturated rings. The van der Waals surface area contributed by atoms with Crippen molar-refractivity contribution in [3.63, 3.8) is 0 Å². The van der Waals surface area contributed by atoms with E-state index in [9.17, 15) is 35.9 Å². The first kappa shape index (κ1) is 15.5.